The number of hydrogen-bond acceptors (Lipinski definition) is 2. The summed E-state index contributed by atoms with van der Waals surface area (Å²) >= 11 is 3.42. The van der Waals surface area contributed by atoms with Crippen molar-refractivity contribution in [2.75, 3.05) is 13.1 Å². The number of fused-ring (bicyclic) bond motifs is 1. The van der Waals surface area contributed by atoms with E-state index in [0.29, 0.717) is 24.7 Å². The van der Waals surface area contributed by atoms with Gasteiger partial charge in [-0.15, -0.1) is 0 Å². The molecule has 5 nitrogen and oxygen atoms in total. The molecule has 1 saturated heterocycles. The van der Waals surface area contributed by atoms with Crippen molar-refractivity contribution in [2.45, 2.75) is 12.8 Å². The number of halogens is 1. The number of aliphatic carboxylic acids is 1. The van der Waals surface area contributed by atoms with Gasteiger partial charge in [-0.3, -0.25) is 9.59 Å². The van der Waals surface area contributed by atoms with Crippen molar-refractivity contribution in [3.63, 3.8) is 0 Å². The Hall–Kier alpha value is -1.82. The Labute approximate surface area is 141 Å². The maximum Gasteiger partial charge on any atom is 0.308 e. The molecule has 2 fully saturated rings. The predicted molar refractivity (Wildman–Crippen MR) is 89.2 cm³/mol. The zero-order valence-corrected chi connectivity index (χ0v) is 14.0. The molecule has 1 aliphatic carbocycles. The quantitative estimate of drug-likeness (QED) is 0.863. The molecule has 1 aromatic carbocycles. The molecule has 2 N–H and O–H groups in total. The van der Waals surface area contributed by atoms with Crippen LogP contribution in [-0.2, 0) is 4.79 Å². The van der Waals surface area contributed by atoms with E-state index in [-0.39, 0.29) is 11.8 Å². The summed E-state index contributed by atoms with van der Waals surface area (Å²) in [6.45, 7) is 0.869. The average molecular weight is 377 g/mol. The van der Waals surface area contributed by atoms with Crippen LogP contribution in [0.15, 0.2) is 28.7 Å². The van der Waals surface area contributed by atoms with Gasteiger partial charge in [0.25, 0.3) is 5.91 Å². The molecule has 0 radical (unpaired) electrons. The molecule has 2 aromatic rings. The molecule has 0 unspecified atom stereocenters. The number of aromatic nitrogens is 1. The van der Waals surface area contributed by atoms with Crippen LogP contribution in [0.2, 0.25) is 0 Å². The van der Waals surface area contributed by atoms with Crippen LogP contribution in [0.3, 0.4) is 0 Å². The Bertz CT molecular complexity index is 796. The van der Waals surface area contributed by atoms with Gasteiger partial charge in [-0.2, -0.15) is 0 Å². The summed E-state index contributed by atoms with van der Waals surface area (Å²) in [5.74, 6) is -0.725. The van der Waals surface area contributed by atoms with E-state index >= 15 is 0 Å². The Morgan fingerprint density at radius 3 is 2.70 bits per heavy atom. The fourth-order valence-corrected chi connectivity index (χ4v) is 4.00. The van der Waals surface area contributed by atoms with Crippen molar-refractivity contribution < 1.29 is 14.7 Å². The molecular formula is C17H17BrN2O3. The number of amides is 1. The molecular weight excluding hydrogens is 360 g/mol. The van der Waals surface area contributed by atoms with E-state index < -0.39 is 11.9 Å². The lowest BCUT2D eigenvalue weighted by atomic mass is 9.92. The third-order valence-corrected chi connectivity index (χ3v) is 5.51. The number of H-pyrrole nitrogens is 1. The summed E-state index contributed by atoms with van der Waals surface area (Å²) in [6.07, 6.45) is 2.19. The van der Waals surface area contributed by atoms with Crippen LogP contribution in [0.1, 0.15) is 23.3 Å². The molecule has 0 bridgehead atoms. The molecule has 6 heteroatoms. The largest absolute Gasteiger partial charge is 0.481 e. The number of hydrogen-bond donors (Lipinski definition) is 2. The first-order chi connectivity index (χ1) is 11.0. The lowest BCUT2D eigenvalue weighted by Crippen LogP contribution is -2.30. The molecule has 1 saturated carbocycles. The second-order valence-electron chi connectivity index (χ2n) is 6.57. The van der Waals surface area contributed by atoms with Crippen LogP contribution in [0, 0.1) is 17.8 Å². The van der Waals surface area contributed by atoms with E-state index in [0.717, 1.165) is 28.2 Å². The number of carboxylic acids is 1. The number of likely N-dealkylation sites (tertiary alicyclic amines) is 1. The molecule has 2 heterocycles. The fourth-order valence-electron chi connectivity index (χ4n) is 3.64. The van der Waals surface area contributed by atoms with Crippen LogP contribution in [0.25, 0.3) is 10.9 Å². The van der Waals surface area contributed by atoms with Gasteiger partial charge in [0.05, 0.1) is 5.92 Å². The van der Waals surface area contributed by atoms with Crippen LogP contribution in [0.4, 0.5) is 0 Å². The van der Waals surface area contributed by atoms with Gasteiger partial charge in [-0.25, -0.2) is 0 Å². The minimum atomic E-state index is -0.780. The number of carbonyl (C=O) groups is 2. The van der Waals surface area contributed by atoms with E-state index in [2.05, 4.69) is 20.9 Å². The van der Waals surface area contributed by atoms with E-state index in [1.807, 2.05) is 24.3 Å². The monoisotopic (exact) mass is 376 g/mol. The number of carbonyl (C=O) groups excluding carboxylic acids is 1. The number of nitrogens with one attached hydrogen (secondary N) is 1. The zero-order valence-electron chi connectivity index (χ0n) is 12.5. The number of nitrogens with zero attached hydrogens (tertiary/aromatic N) is 1. The number of carboxylic acid groups (broad SMARTS) is 1. The summed E-state index contributed by atoms with van der Waals surface area (Å²) in [6, 6.07) is 7.65. The first-order valence-corrected chi connectivity index (χ1v) is 8.62. The molecule has 120 valence electrons. The van der Waals surface area contributed by atoms with Crippen LogP contribution < -0.4 is 0 Å². The molecule has 0 spiro atoms. The summed E-state index contributed by atoms with van der Waals surface area (Å²) < 4.78 is 0.951. The van der Waals surface area contributed by atoms with Crippen molar-refractivity contribution in [2.24, 2.45) is 17.8 Å². The van der Waals surface area contributed by atoms with Crippen molar-refractivity contribution in [1.29, 1.82) is 0 Å². The van der Waals surface area contributed by atoms with Crippen molar-refractivity contribution in [3.8, 4) is 0 Å². The summed E-state index contributed by atoms with van der Waals surface area (Å²) in [5, 5.41) is 10.4. The van der Waals surface area contributed by atoms with E-state index in [1.54, 1.807) is 4.90 Å². The summed E-state index contributed by atoms with van der Waals surface area (Å²) in [7, 11) is 0. The van der Waals surface area contributed by atoms with Gasteiger partial charge in [-0.05, 0) is 42.9 Å². The van der Waals surface area contributed by atoms with Gasteiger partial charge in [-0.1, -0.05) is 22.0 Å². The Morgan fingerprint density at radius 2 is 2.00 bits per heavy atom. The molecule has 1 aliphatic heterocycles. The first kappa shape index (κ1) is 14.8. The number of benzene rings is 1. The van der Waals surface area contributed by atoms with Gasteiger partial charge in [0.2, 0.25) is 0 Å². The summed E-state index contributed by atoms with van der Waals surface area (Å²) in [5.41, 5.74) is 1.43. The van der Waals surface area contributed by atoms with Gasteiger partial charge >= 0.3 is 5.97 Å². The average Bonchev–Trinajstić information content (AvgIpc) is 3.11. The molecule has 2 atom stereocenters. The van der Waals surface area contributed by atoms with Gasteiger partial charge < -0.3 is 15.0 Å². The molecule has 23 heavy (non-hydrogen) atoms. The minimum absolute atomic E-state index is 0.105. The highest BCUT2D eigenvalue weighted by molar-refractivity contribution is 9.10. The maximum atomic E-state index is 12.7. The molecule has 1 aromatic heterocycles. The lowest BCUT2D eigenvalue weighted by Gasteiger charge is -2.15. The first-order valence-electron chi connectivity index (χ1n) is 7.83. The SMILES string of the molecule is O=C(O)[C@H]1CN(C(=O)c2cc3ccc(Br)cc3[nH]2)C[C@@H]1C1CC1. The third kappa shape index (κ3) is 2.65. The molecule has 2 aliphatic rings. The Kier molecular flexibility index (Phi) is 3.44. The second kappa shape index (κ2) is 5.37. The second-order valence-corrected chi connectivity index (χ2v) is 7.49. The Balaban J connectivity index is 1.59. The summed E-state index contributed by atoms with van der Waals surface area (Å²) in [4.78, 5) is 29.1. The van der Waals surface area contributed by atoms with Gasteiger partial charge in [0.1, 0.15) is 5.69 Å². The normalized spacial score (nSPS) is 24.3. The highest BCUT2D eigenvalue weighted by atomic mass is 79.9. The van der Waals surface area contributed by atoms with E-state index in [4.69, 9.17) is 0 Å². The minimum Gasteiger partial charge on any atom is -0.481 e. The van der Waals surface area contributed by atoms with Crippen LogP contribution >= 0.6 is 15.9 Å². The van der Waals surface area contributed by atoms with E-state index in [1.165, 1.54) is 0 Å². The highest BCUT2D eigenvalue weighted by Gasteiger charge is 2.47. The van der Waals surface area contributed by atoms with Crippen LogP contribution in [-0.4, -0.2) is 40.0 Å². The predicted octanol–water partition coefficient (Wildman–Crippen LogP) is 3.11. The van der Waals surface area contributed by atoms with Crippen molar-refractivity contribution >= 4 is 38.7 Å². The number of rotatable bonds is 3. The van der Waals surface area contributed by atoms with Crippen LogP contribution in [0.5, 0.6) is 0 Å². The lowest BCUT2D eigenvalue weighted by molar-refractivity contribution is -0.142. The highest BCUT2D eigenvalue weighted by Crippen LogP contribution is 2.44. The fraction of sp³-hybridized carbons (Fsp3) is 0.412. The maximum absolute atomic E-state index is 12.7. The zero-order chi connectivity index (χ0) is 16.1. The molecule has 4 rings (SSSR count). The van der Waals surface area contributed by atoms with Gasteiger partial charge in [0.15, 0.2) is 0 Å². The van der Waals surface area contributed by atoms with Crippen molar-refractivity contribution in [3.05, 3.63) is 34.4 Å². The number of aromatic amines is 1. The van der Waals surface area contributed by atoms with E-state index in [9.17, 15) is 14.7 Å². The van der Waals surface area contributed by atoms with Gasteiger partial charge in [0, 0.05) is 28.5 Å². The standard InChI is InChI=1S/C17H17BrN2O3/c18-11-4-3-10-5-15(19-14(10)6-11)16(21)20-7-12(9-1-2-9)13(8-20)17(22)23/h3-6,9,12-13,19H,1-2,7-8H2,(H,22,23)/t12-,13+/m1/s1. The molecule has 1 amide bonds. The Morgan fingerprint density at radius 1 is 1.22 bits per heavy atom. The third-order valence-electron chi connectivity index (χ3n) is 5.01. The topological polar surface area (TPSA) is 73.4 Å². The van der Waals surface area contributed by atoms with Crippen molar-refractivity contribution in [1.82, 2.24) is 9.88 Å². The smallest absolute Gasteiger partial charge is 0.308 e.